The lowest BCUT2D eigenvalue weighted by atomic mass is 9.72. The molecule has 0 unspecified atom stereocenters. The van der Waals surface area contributed by atoms with Crippen LogP contribution in [0.15, 0.2) is 28.8 Å². The molecule has 2 fully saturated rings. The number of aromatic carboxylic acids is 1. The Morgan fingerprint density at radius 2 is 1.81 bits per heavy atom. The molecule has 3 heterocycles. The van der Waals surface area contributed by atoms with Crippen LogP contribution in [0, 0.1) is 5.41 Å². The Balaban J connectivity index is 1.58. The van der Waals surface area contributed by atoms with Crippen LogP contribution in [0.4, 0.5) is 5.82 Å². The van der Waals surface area contributed by atoms with E-state index < -0.39 is 5.97 Å². The molecule has 2 saturated heterocycles. The predicted octanol–water partition coefficient (Wildman–Crippen LogP) is 3.45. The minimum atomic E-state index is -1.02. The van der Waals surface area contributed by atoms with Crippen molar-refractivity contribution < 1.29 is 23.9 Å². The Kier molecular flexibility index (Phi) is 4.78. The van der Waals surface area contributed by atoms with Crippen LogP contribution in [-0.4, -0.2) is 49.6 Å². The standard InChI is InChI=1S/C20H24N2O5/c1-25-15-4-2-14(3-5-15)17-16(19(23)24)18(21-27-17)22-10-6-20(7-11-22)8-12-26-13-9-20/h2-5H,6-13H2,1H3,(H,23,24). The predicted molar refractivity (Wildman–Crippen MR) is 99.4 cm³/mol. The molecule has 1 N–H and O–H groups in total. The van der Waals surface area contributed by atoms with Gasteiger partial charge in [0.05, 0.1) is 7.11 Å². The molecular weight excluding hydrogens is 348 g/mol. The topological polar surface area (TPSA) is 85.0 Å². The molecule has 27 heavy (non-hydrogen) atoms. The molecule has 0 radical (unpaired) electrons. The number of methoxy groups -OCH3 is 1. The van der Waals surface area contributed by atoms with Crippen LogP contribution in [0.2, 0.25) is 0 Å². The fraction of sp³-hybridized carbons (Fsp3) is 0.500. The second kappa shape index (κ2) is 7.23. The summed E-state index contributed by atoms with van der Waals surface area (Å²) >= 11 is 0. The number of hydrogen-bond acceptors (Lipinski definition) is 6. The summed E-state index contributed by atoms with van der Waals surface area (Å²) in [4.78, 5) is 14.0. The zero-order valence-corrected chi connectivity index (χ0v) is 15.4. The van der Waals surface area contributed by atoms with E-state index in [4.69, 9.17) is 14.0 Å². The van der Waals surface area contributed by atoms with Gasteiger partial charge >= 0.3 is 5.97 Å². The minimum absolute atomic E-state index is 0.128. The fourth-order valence-corrected chi connectivity index (χ4v) is 4.13. The zero-order valence-electron chi connectivity index (χ0n) is 15.4. The second-order valence-electron chi connectivity index (χ2n) is 7.34. The summed E-state index contributed by atoms with van der Waals surface area (Å²) in [5.74, 6) is 0.387. The number of nitrogens with zero attached hydrogens (tertiary/aromatic N) is 2. The van der Waals surface area contributed by atoms with E-state index in [1.807, 2.05) is 4.90 Å². The third kappa shape index (κ3) is 3.39. The van der Waals surface area contributed by atoms with E-state index in [0.717, 1.165) is 52.0 Å². The minimum Gasteiger partial charge on any atom is -0.497 e. The van der Waals surface area contributed by atoms with Gasteiger partial charge in [0.1, 0.15) is 5.75 Å². The highest BCUT2D eigenvalue weighted by molar-refractivity contribution is 5.99. The quantitative estimate of drug-likeness (QED) is 0.880. The van der Waals surface area contributed by atoms with Gasteiger partial charge < -0.3 is 24.0 Å². The summed E-state index contributed by atoms with van der Waals surface area (Å²) in [5, 5.41) is 13.9. The smallest absolute Gasteiger partial charge is 0.343 e. The van der Waals surface area contributed by atoms with Crippen molar-refractivity contribution in [1.82, 2.24) is 5.16 Å². The molecule has 144 valence electrons. The first kappa shape index (κ1) is 17.9. The van der Waals surface area contributed by atoms with Gasteiger partial charge in [0.15, 0.2) is 17.1 Å². The largest absolute Gasteiger partial charge is 0.497 e. The summed E-state index contributed by atoms with van der Waals surface area (Å²) in [6.07, 6.45) is 4.23. The molecule has 7 nitrogen and oxygen atoms in total. The number of rotatable bonds is 4. The van der Waals surface area contributed by atoms with E-state index in [0.29, 0.717) is 22.5 Å². The van der Waals surface area contributed by atoms with Gasteiger partial charge in [-0.05, 0) is 55.4 Å². The molecule has 1 aromatic heterocycles. The molecule has 1 aromatic carbocycles. The number of carboxylic acid groups (broad SMARTS) is 1. The zero-order chi connectivity index (χ0) is 18.9. The van der Waals surface area contributed by atoms with Crippen molar-refractivity contribution in [3.63, 3.8) is 0 Å². The third-order valence-electron chi connectivity index (χ3n) is 5.92. The Bertz CT molecular complexity index is 798. The second-order valence-corrected chi connectivity index (χ2v) is 7.34. The van der Waals surface area contributed by atoms with Gasteiger partial charge in [-0.2, -0.15) is 0 Å². The molecule has 0 bridgehead atoms. The highest BCUT2D eigenvalue weighted by Crippen LogP contribution is 2.42. The van der Waals surface area contributed by atoms with Crippen molar-refractivity contribution in [3.05, 3.63) is 29.8 Å². The van der Waals surface area contributed by atoms with E-state index in [2.05, 4.69) is 5.16 Å². The van der Waals surface area contributed by atoms with Crippen LogP contribution in [0.3, 0.4) is 0 Å². The number of benzene rings is 1. The van der Waals surface area contributed by atoms with Gasteiger partial charge in [-0.3, -0.25) is 0 Å². The molecule has 2 aromatic rings. The summed E-state index contributed by atoms with van der Waals surface area (Å²) in [7, 11) is 1.59. The SMILES string of the molecule is COc1ccc(-c2onc(N3CCC4(CCOCC4)CC3)c2C(=O)O)cc1. The molecule has 1 spiro atoms. The van der Waals surface area contributed by atoms with Gasteiger partial charge in [-0.25, -0.2) is 4.79 Å². The van der Waals surface area contributed by atoms with Crippen LogP contribution in [0.5, 0.6) is 5.75 Å². The van der Waals surface area contributed by atoms with E-state index in [1.165, 1.54) is 0 Å². The van der Waals surface area contributed by atoms with Crippen molar-refractivity contribution in [3.8, 4) is 17.1 Å². The van der Waals surface area contributed by atoms with Gasteiger partial charge in [0, 0.05) is 31.9 Å². The molecule has 2 aliphatic heterocycles. The number of piperidine rings is 1. The highest BCUT2D eigenvalue weighted by atomic mass is 16.5. The molecule has 7 heteroatoms. The van der Waals surface area contributed by atoms with Crippen LogP contribution in [-0.2, 0) is 4.74 Å². The summed E-state index contributed by atoms with van der Waals surface area (Å²) in [6, 6.07) is 7.11. The Morgan fingerprint density at radius 3 is 2.41 bits per heavy atom. The summed E-state index contributed by atoms with van der Waals surface area (Å²) in [6.45, 7) is 3.22. The first-order chi connectivity index (χ1) is 13.1. The van der Waals surface area contributed by atoms with E-state index in [-0.39, 0.29) is 11.3 Å². The Morgan fingerprint density at radius 1 is 1.15 bits per heavy atom. The molecular formula is C20H24N2O5. The lowest BCUT2D eigenvalue weighted by molar-refractivity contribution is 0.00201. The van der Waals surface area contributed by atoms with Crippen molar-refractivity contribution in [2.45, 2.75) is 25.7 Å². The lowest BCUT2D eigenvalue weighted by Crippen LogP contribution is -2.43. The molecule has 0 saturated carbocycles. The van der Waals surface area contributed by atoms with Gasteiger partial charge in [-0.15, -0.1) is 0 Å². The van der Waals surface area contributed by atoms with Gasteiger partial charge in [0.2, 0.25) is 0 Å². The molecule has 0 aliphatic carbocycles. The maximum Gasteiger partial charge on any atom is 0.343 e. The van der Waals surface area contributed by atoms with Crippen LogP contribution in [0.25, 0.3) is 11.3 Å². The van der Waals surface area contributed by atoms with Crippen LogP contribution < -0.4 is 9.64 Å². The van der Waals surface area contributed by atoms with Crippen molar-refractivity contribution in [2.75, 3.05) is 38.3 Å². The summed E-state index contributed by atoms with van der Waals surface area (Å²) < 4.78 is 16.1. The molecule has 0 amide bonds. The normalized spacial score (nSPS) is 19.2. The Labute approximate surface area is 157 Å². The van der Waals surface area contributed by atoms with E-state index >= 15 is 0 Å². The van der Waals surface area contributed by atoms with Crippen LogP contribution >= 0.6 is 0 Å². The highest BCUT2D eigenvalue weighted by Gasteiger charge is 2.38. The average Bonchev–Trinajstić information content (AvgIpc) is 3.15. The molecule has 2 aliphatic rings. The molecule has 4 rings (SSSR count). The van der Waals surface area contributed by atoms with Crippen LogP contribution in [0.1, 0.15) is 36.0 Å². The van der Waals surface area contributed by atoms with Crippen molar-refractivity contribution in [1.29, 1.82) is 0 Å². The van der Waals surface area contributed by atoms with Gasteiger partial charge in [-0.1, -0.05) is 5.16 Å². The van der Waals surface area contributed by atoms with E-state index in [1.54, 1.807) is 31.4 Å². The van der Waals surface area contributed by atoms with Gasteiger partial charge in [0.25, 0.3) is 0 Å². The summed E-state index contributed by atoms with van der Waals surface area (Å²) in [5.41, 5.74) is 1.13. The third-order valence-corrected chi connectivity index (χ3v) is 5.92. The maximum atomic E-state index is 12.0. The number of ether oxygens (including phenoxy) is 2. The lowest BCUT2D eigenvalue weighted by Gasteiger charge is -2.44. The number of anilines is 1. The monoisotopic (exact) mass is 372 g/mol. The Hall–Kier alpha value is -2.54. The fourth-order valence-electron chi connectivity index (χ4n) is 4.13. The van der Waals surface area contributed by atoms with Crippen molar-refractivity contribution in [2.24, 2.45) is 5.41 Å². The van der Waals surface area contributed by atoms with Crippen molar-refractivity contribution >= 4 is 11.8 Å². The first-order valence-electron chi connectivity index (χ1n) is 9.32. The average molecular weight is 372 g/mol. The first-order valence-corrected chi connectivity index (χ1v) is 9.32. The number of hydrogen-bond donors (Lipinski definition) is 1. The molecule has 0 atom stereocenters. The number of aromatic nitrogens is 1. The van der Waals surface area contributed by atoms with E-state index in [9.17, 15) is 9.90 Å². The number of carboxylic acids is 1. The maximum absolute atomic E-state index is 12.0. The number of carbonyl (C=O) groups is 1.